The van der Waals surface area contributed by atoms with Crippen LogP contribution in [-0.2, 0) is 9.59 Å². The van der Waals surface area contributed by atoms with Crippen molar-refractivity contribution in [2.75, 3.05) is 44.6 Å². The van der Waals surface area contributed by atoms with Crippen molar-refractivity contribution in [3.05, 3.63) is 65.2 Å². The Kier molecular flexibility index (Phi) is 8.20. The summed E-state index contributed by atoms with van der Waals surface area (Å²) in [5.41, 5.74) is 4.10. The lowest BCUT2D eigenvalue weighted by Gasteiger charge is -2.34. The first kappa shape index (κ1) is 23.0. The van der Waals surface area contributed by atoms with Crippen molar-refractivity contribution in [1.82, 2.24) is 5.32 Å². The van der Waals surface area contributed by atoms with E-state index < -0.39 is 0 Å². The molecule has 1 saturated heterocycles. The maximum atomic E-state index is 13.5. The van der Waals surface area contributed by atoms with Gasteiger partial charge in [-0.3, -0.25) is 9.59 Å². The standard InChI is InChI=1S/C25H34N4O2/c1-4-12-26-23(30)18-28-13-15-29(16-14-28)24(21-8-6-5-7-9-21)25(31)27-22-17-19(2)10-11-20(22)3/h5-11,17,24H,4,12-16,18H2,1-3H3,(H,26,30)(H,27,31)/p+2/t24-/m1/s1. The van der Waals surface area contributed by atoms with Gasteiger partial charge in [0.05, 0.1) is 0 Å². The Balaban J connectivity index is 1.70. The highest BCUT2D eigenvalue weighted by molar-refractivity contribution is 5.95. The Hall–Kier alpha value is -2.70. The molecular weight excluding hydrogens is 388 g/mol. The zero-order chi connectivity index (χ0) is 22.2. The highest BCUT2D eigenvalue weighted by Crippen LogP contribution is 2.19. The van der Waals surface area contributed by atoms with Crippen molar-refractivity contribution >= 4 is 17.5 Å². The summed E-state index contributed by atoms with van der Waals surface area (Å²) < 4.78 is 0. The van der Waals surface area contributed by atoms with Gasteiger partial charge in [0.15, 0.2) is 12.6 Å². The van der Waals surface area contributed by atoms with Gasteiger partial charge in [0.2, 0.25) is 0 Å². The molecule has 0 spiro atoms. The number of hydrogen-bond donors (Lipinski definition) is 4. The lowest BCUT2D eigenvalue weighted by molar-refractivity contribution is -1.02. The molecule has 2 aromatic rings. The van der Waals surface area contributed by atoms with E-state index in [-0.39, 0.29) is 17.9 Å². The van der Waals surface area contributed by atoms with Crippen LogP contribution in [0.3, 0.4) is 0 Å². The first-order chi connectivity index (χ1) is 15.0. The first-order valence-corrected chi connectivity index (χ1v) is 11.4. The van der Waals surface area contributed by atoms with Gasteiger partial charge in [0, 0.05) is 17.8 Å². The molecule has 6 nitrogen and oxygen atoms in total. The van der Waals surface area contributed by atoms with E-state index in [1.54, 1.807) is 0 Å². The van der Waals surface area contributed by atoms with Crippen LogP contribution in [0.5, 0.6) is 0 Å². The molecular formula is C25H36N4O2+2. The summed E-state index contributed by atoms with van der Waals surface area (Å²) in [5.74, 6) is 0.145. The zero-order valence-electron chi connectivity index (χ0n) is 19.0. The van der Waals surface area contributed by atoms with E-state index in [4.69, 9.17) is 0 Å². The number of hydrogen-bond acceptors (Lipinski definition) is 2. The molecule has 0 bridgehead atoms. The van der Waals surface area contributed by atoms with Gasteiger partial charge in [-0.25, -0.2) is 0 Å². The smallest absolute Gasteiger partial charge is 0.287 e. The average molecular weight is 425 g/mol. The second-order valence-electron chi connectivity index (χ2n) is 8.59. The predicted octanol–water partition coefficient (Wildman–Crippen LogP) is 0.293. The van der Waals surface area contributed by atoms with Crippen LogP contribution in [0, 0.1) is 13.8 Å². The Morgan fingerprint density at radius 2 is 1.71 bits per heavy atom. The molecule has 1 aliphatic rings. The van der Waals surface area contributed by atoms with Crippen LogP contribution in [0.4, 0.5) is 5.69 Å². The lowest BCUT2D eigenvalue weighted by Crippen LogP contribution is -3.28. The minimum Gasteiger partial charge on any atom is -0.351 e. The molecule has 166 valence electrons. The van der Waals surface area contributed by atoms with E-state index in [1.807, 2.05) is 56.3 Å². The summed E-state index contributed by atoms with van der Waals surface area (Å²) in [4.78, 5) is 28.1. The van der Waals surface area contributed by atoms with E-state index in [2.05, 4.69) is 23.6 Å². The number of piperazine rings is 1. The van der Waals surface area contributed by atoms with Gasteiger partial charge in [-0.2, -0.15) is 0 Å². The Labute approximate surface area is 185 Å². The van der Waals surface area contributed by atoms with Crippen molar-refractivity contribution in [3.63, 3.8) is 0 Å². The number of rotatable bonds is 8. The summed E-state index contributed by atoms with van der Waals surface area (Å²) >= 11 is 0. The van der Waals surface area contributed by atoms with Crippen molar-refractivity contribution in [2.24, 2.45) is 0 Å². The summed E-state index contributed by atoms with van der Waals surface area (Å²) in [7, 11) is 0. The molecule has 0 saturated carbocycles. The molecule has 1 aliphatic heterocycles. The molecule has 0 radical (unpaired) electrons. The Morgan fingerprint density at radius 1 is 1.00 bits per heavy atom. The number of nitrogens with one attached hydrogen (secondary N) is 4. The largest absolute Gasteiger partial charge is 0.351 e. The third-order valence-electron chi connectivity index (χ3n) is 6.04. The van der Waals surface area contributed by atoms with Crippen molar-refractivity contribution in [2.45, 2.75) is 33.2 Å². The molecule has 4 N–H and O–H groups in total. The van der Waals surface area contributed by atoms with Gasteiger partial charge < -0.3 is 20.4 Å². The average Bonchev–Trinajstić information content (AvgIpc) is 2.77. The number of anilines is 1. The maximum Gasteiger partial charge on any atom is 0.287 e. The molecule has 0 unspecified atom stereocenters. The Morgan fingerprint density at radius 3 is 2.39 bits per heavy atom. The molecule has 0 aromatic heterocycles. The monoisotopic (exact) mass is 424 g/mol. The van der Waals surface area contributed by atoms with Gasteiger partial charge in [0.1, 0.15) is 26.2 Å². The summed E-state index contributed by atoms with van der Waals surface area (Å²) in [6.45, 7) is 10.8. The first-order valence-electron chi connectivity index (χ1n) is 11.4. The summed E-state index contributed by atoms with van der Waals surface area (Å²) in [6.07, 6.45) is 0.952. The molecule has 0 aliphatic carbocycles. The summed E-state index contributed by atoms with van der Waals surface area (Å²) in [6, 6.07) is 15.9. The fraction of sp³-hybridized carbons (Fsp3) is 0.440. The molecule has 6 heteroatoms. The minimum atomic E-state index is -0.267. The lowest BCUT2D eigenvalue weighted by atomic mass is 10.0. The number of carbonyl (C=O) groups excluding carboxylic acids is 2. The quantitative estimate of drug-likeness (QED) is 0.492. The van der Waals surface area contributed by atoms with Gasteiger partial charge >= 0.3 is 0 Å². The van der Waals surface area contributed by atoms with E-state index in [0.29, 0.717) is 6.54 Å². The van der Waals surface area contributed by atoms with Crippen molar-refractivity contribution in [3.8, 4) is 0 Å². The highest BCUT2D eigenvalue weighted by Gasteiger charge is 2.36. The van der Waals surface area contributed by atoms with Crippen molar-refractivity contribution in [1.29, 1.82) is 0 Å². The number of carbonyl (C=O) groups is 2. The van der Waals surface area contributed by atoms with Crippen LogP contribution in [0.1, 0.15) is 36.1 Å². The molecule has 31 heavy (non-hydrogen) atoms. The van der Waals surface area contributed by atoms with Crippen LogP contribution in [0.2, 0.25) is 0 Å². The van der Waals surface area contributed by atoms with Crippen LogP contribution in [0.25, 0.3) is 0 Å². The fourth-order valence-electron chi connectivity index (χ4n) is 4.24. The van der Waals surface area contributed by atoms with E-state index in [9.17, 15) is 9.59 Å². The van der Waals surface area contributed by atoms with E-state index >= 15 is 0 Å². The Bertz CT molecular complexity index is 876. The van der Waals surface area contributed by atoms with Crippen LogP contribution >= 0.6 is 0 Å². The van der Waals surface area contributed by atoms with Crippen molar-refractivity contribution < 1.29 is 19.4 Å². The number of amides is 2. The fourth-order valence-corrected chi connectivity index (χ4v) is 4.24. The number of aryl methyl sites for hydroxylation is 2. The number of quaternary nitrogens is 2. The molecule has 1 fully saturated rings. The van der Waals surface area contributed by atoms with Crippen LogP contribution in [-0.4, -0.2) is 51.1 Å². The third-order valence-corrected chi connectivity index (χ3v) is 6.04. The van der Waals surface area contributed by atoms with Gasteiger partial charge in [-0.1, -0.05) is 49.4 Å². The molecule has 2 aromatic carbocycles. The van der Waals surface area contributed by atoms with Crippen LogP contribution < -0.4 is 20.4 Å². The topological polar surface area (TPSA) is 67.1 Å². The SMILES string of the molecule is CCCNC(=O)C[NH+]1CC[NH+]([C@@H](C(=O)Nc2cc(C)ccc2C)c2ccccc2)CC1. The second-order valence-corrected chi connectivity index (χ2v) is 8.59. The molecule has 2 amide bonds. The van der Waals surface area contributed by atoms with Gasteiger partial charge in [-0.15, -0.1) is 0 Å². The highest BCUT2D eigenvalue weighted by atomic mass is 16.2. The van der Waals surface area contributed by atoms with Gasteiger partial charge in [-0.05, 0) is 37.5 Å². The maximum absolute atomic E-state index is 13.5. The summed E-state index contributed by atoms with van der Waals surface area (Å²) in [5, 5.41) is 6.15. The molecule has 3 rings (SSSR count). The second kappa shape index (κ2) is 11.1. The van der Waals surface area contributed by atoms with E-state index in [1.165, 1.54) is 9.80 Å². The molecule has 1 atom stereocenters. The minimum absolute atomic E-state index is 0.0269. The predicted molar refractivity (Wildman–Crippen MR) is 123 cm³/mol. The van der Waals surface area contributed by atoms with E-state index in [0.717, 1.165) is 61.5 Å². The normalized spacial score (nSPS) is 19.5. The third kappa shape index (κ3) is 6.39. The zero-order valence-corrected chi connectivity index (χ0v) is 19.0. The van der Waals surface area contributed by atoms with Gasteiger partial charge in [0.25, 0.3) is 11.8 Å². The molecule has 1 heterocycles. The number of benzene rings is 2. The van der Waals surface area contributed by atoms with Crippen LogP contribution in [0.15, 0.2) is 48.5 Å².